The molecule has 1 aliphatic heterocycles. The van der Waals surface area contributed by atoms with Crippen LogP contribution in [0.15, 0.2) is 18.2 Å². The number of hydrazine groups is 1. The predicted molar refractivity (Wildman–Crippen MR) is 76.6 cm³/mol. The van der Waals surface area contributed by atoms with Crippen LogP contribution in [0.4, 0.5) is 5.69 Å². The summed E-state index contributed by atoms with van der Waals surface area (Å²) in [5, 5.41) is 6.79. The highest BCUT2D eigenvalue weighted by molar-refractivity contribution is 7.80. The summed E-state index contributed by atoms with van der Waals surface area (Å²) in [7, 11) is 0. The molecular formula is C11H13Cl2N3S. The van der Waals surface area contributed by atoms with Gasteiger partial charge in [0.15, 0.2) is 5.11 Å². The summed E-state index contributed by atoms with van der Waals surface area (Å²) in [4.78, 5) is 0. The fourth-order valence-corrected chi connectivity index (χ4v) is 2.20. The minimum Gasteiger partial charge on any atom is -0.331 e. The van der Waals surface area contributed by atoms with E-state index in [1.54, 1.807) is 12.1 Å². The van der Waals surface area contributed by atoms with Gasteiger partial charge >= 0.3 is 0 Å². The van der Waals surface area contributed by atoms with E-state index in [4.69, 9.17) is 35.4 Å². The molecule has 0 spiro atoms. The number of benzene rings is 1. The number of hydrogen-bond acceptors (Lipinski definition) is 2. The molecule has 0 amide bonds. The maximum Gasteiger partial charge on any atom is 0.187 e. The summed E-state index contributed by atoms with van der Waals surface area (Å²) in [6, 6.07) is 5.36. The van der Waals surface area contributed by atoms with Gasteiger partial charge in [-0.25, -0.2) is 5.43 Å². The number of nitrogens with zero attached hydrogens (tertiary/aromatic N) is 1. The zero-order valence-corrected chi connectivity index (χ0v) is 11.5. The molecule has 1 aromatic rings. The average Bonchev–Trinajstić information content (AvgIpc) is 2.35. The van der Waals surface area contributed by atoms with Crippen molar-refractivity contribution in [3.63, 3.8) is 0 Å². The van der Waals surface area contributed by atoms with E-state index < -0.39 is 0 Å². The van der Waals surface area contributed by atoms with Gasteiger partial charge in [-0.1, -0.05) is 23.2 Å². The predicted octanol–water partition coefficient (Wildman–Crippen LogP) is 3.29. The Morgan fingerprint density at radius 1 is 1.29 bits per heavy atom. The molecule has 2 rings (SSSR count). The molecule has 1 heterocycles. The molecule has 92 valence electrons. The van der Waals surface area contributed by atoms with Crippen molar-refractivity contribution in [3.05, 3.63) is 28.2 Å². The normalized spacial score (nSPS) is 15.8. The van der Waals surface area contributed by atoms with Gasteiger partial charge in [0.25, 0.3) is 0 Å². The van der Waals surface area contributed by atoms with Crippen molar-refractivity contribution in [2.45, 2.75) is 12.8 Å². The summed E-state index contributed by atoms with van der Waals surface area (Å²) in [5.74, 6) is 0. The minimum atomic E-state index is 0.520. The monoisotopic (exact) mass is 289 g/mol. The molecule has 1 fully saturated rings. The van der Waals surface area contributed by atoms with Crippen LogP contribution >= 0.6 is 35.4 Å². The summed E-state index contributed by atoms with van der Waals surface area (Å²) in [6.45, 7) is 1.89. The Kier molecular flexibility index (Phi) is 4.45. The van der Waals surface area contributed by atoms with Gasteiger partial charge in [0, 0.05) is 18.8 Å². The number of anilines is 1. The molecule has 6 heteroatoms. The van der Waals surface area contributed by atoms with Crippen LogP contribution in [-0.2, 0) is 0 Å². The van der Waals surface area contributed by atoms with Crippen molar-refractivity contribution in [1.29, 1.82) is 0 Å². The number of halogens is 2. The molecule has 0 radical (unpaired) electrons. The Balaban J connectivity index is 1.99. The van der Waals surface area contributed by atoms with Crippen LogP contribution in [0.5, 0.6) is 0 Å². The SMILES string of the molecule is S=C(Nc1ccc(Cl)c(Cl)c1)N1CCCCN1. The molecule has 1 aromatic carbocycles. The third kappa shape index (κ3) is 3.45. The molecule has 17 heavy (non-hydrogen) atoms. The fourth-order valence-electron chi connectivity index (χ4n) is 1.63. The Bertz CT molecular complexity index is 419. The van der Waals surface area contributed by atoms with Gasteiger partial charge in [0.2, 0.25) is 0 Å². The first-order chi connectivity index (χ1) is 8.16. The quantitative estimate of drug-likeness (QED) is 0.776. The van der Waals surface area contributed by atoms with Crippen molar-refractivity contribution in [3.8, 4) is 0 Å². The van der Waals surface area contributed by atoms with Crippen LogP contribution in [0.2, 0.25) is 10.0 Å². The van der Waals surface area contributed by atoms with E-state index in [-0.39, 0.29) is 0 Å². The van der Waals surface area contributed by atoms with E-state index in [0.29, 0.717) is 15.2 Å². The first kappa shape index (κ1) is 12.9. The maximum absolute atomic E-state index is 5.94. The molecule has 0 unspecified atom stereocenters. The van der Waals surface area contributed by atoms with E-state index in [9.17, 15) is 0 Å². The fraction of sp³-hybridized carbons (Fsp3) is 0.364. The second-order valence-corrected chi connectivity index (χ2v) is 5.03. The third-order valence-electron chi connectivity index (χ3n) is 2.53. The molecule has 0 saturated carbocycles. The topological polar surface area (TPSA) is 27.3 Å². The third-order valence-corrected chi connectivity index (χ3v) is 3.59. The Morgan fingerprint density at radius 2 is 2.12 bits per heavy atom. The van der Waals surface area contributed by atoms with Crippen LogP contribution in [0.3, 0.4) is 0 Å². The van der Waals surface area contributed by atoms with Gasteiger partial charge in [-0.05, 0) is 43.3 Å². The van der Waals surface area contributed by atoms with Crippen molar-refractivity contribution >= 4 is 46.2 Å². The molecule has 0 aliphatic carbocycles. The lowest BCUT2D eigenvalue weighted by Crippen LogP contribution is -2.48. The van der Waals surface area contributed by atoms with Crippen LogP contribution < -0.4 is 10.7 Å². The minimum absolute atomic E-state index is 0.520. The van der Waals surface area contributed by atoms with Gasteiger partial charge in [-0.3, -0.25) is 5.01 Å². The number of nitrogens with one attached hydrogen (secondary N) is 2. The largest absolute Gasteiger partial charge is 0.331 e. The standard InChI is InChI=1S/C11H13Cl2N3S/c12-9-4-3-8(7-10(9)13)15-11(17)16-6-2-1-5-14-16/h3-4,7,14H,1-2,5-6H2,(H,15,17). The van der Waals surface area contributed by atoms with Crippen molar-refractivity contribution < 1.29 is 0 Å². The van der Waals surface area contributed by atoms with E-state index in [2.05, 4.69) is 10.7 Å². The van der Waals surface area contributed by atoms with E-state index in [1.165, 1.54) is 6.42 Å². The average molecular weight is 290 g/mol. The zero-order chi connectivity index (χ0) is 12.3. The van der Waals surface area contributed by atoms with Crippen molar-refractivity contribution in [1.82, 2.24) is 10.4 Å². The Hall–Kier alpha value is -0.550. The number of rotatable bonds is 1. The smallest absolute Gasteiger partial charge is 0.187 e. The lowest BCUT2D eigenvalue weighted by molar-refractivity contribution is 0.261. The van der Waals surface area contributed by atoms with Crippen molar-refractivity contribution in [2.75, 3.05) is 18.4 Å². The molecular weight excluding hydrogens is 277 g/mol. The highest BCUT2D eigenvalue weighted by Gasteiger charge is 2.13. The maximum atomic E-state index is 5.94. The highest BCUT2D eigenvalue weighted by Crippen LogP contribution is 2.25. The second kappa shape index (κ2) is 5.87. The summed E-state index contributed by atoms with van der Waals surface area (Å²) in [5.41, 5.74) is 4.08. The lowest BCUT2D eigenvalue weighted by atomic mass is 10.3. The second-order valence-electron chi connectivity index (χ2n) is 3.83. The van der Waals surface area contributed by atoms with Gasteiger partial charge < -0.3 is 5.32 Å². The van der Waals surface area contributed by atoms with E-state index in [1.807, 2.05) is 11.1 Å². The van der Waals surface area contributed by atoms with Crippen molar-refractivity contribution in [2.24, 2.45) is 0 Å². The summed E-state index contributed by atoms with van der Waals surface area (Å²) in [6.07, 6.45) is 2.34. The molecule has 2 N–H and O–H groups in total. The van der Waals surface area contributed by atoms with E-state index in [0.717, 1.165) is 25.2 Å². The Morgan fingerprint density at radius 3 is 2.76 bits per heavy atom. The van der Waals surface area contributed by atoms with Crippen LogP contribution in [0.25, 0.3) is 0 Å². The first-order valence-corrected chi connectivity index (χ1v) is 6.60. The molecule has 1 saturated heterocycles. The number of thiocarbonyl (C=S) groups is 1. The Labute approximate surface area is 116 Å². The van der Waals surface area contributed by atoms with Crippen LogP contribution in [-0.4, -0.2) is 23.2 Å². The summed E-state index contributed by atoms with van der Waals surface area (Å²) < 4.78 is 0. The lowest BCUT2D eigenvalue weighted by Gasteiger charge is -2.30. The first-order valence-electron chi connectivity index (χ1n) is 5.44. The molecule has 0 aromatic heterocycles. The van der Waals surface area contributed by atoms with Crippen LogP contribution in [0, 0.1) is 0 Å². The van der Waals surface area contributed by atoms with Gasteiger partial charge in [-0.2, -0.15) is 0 Å². The highest BCUT2D eigenvalue weighted by atomic mass is 35.5. The van der Waals surface area contributed by atoms with Gasteiger partial charge in [0.05, 0.1) is 10.0 Å². The number of hydrogen-bond donors (Lipinski definition) is 2. The molecule has 0 atom stereocenters. The zero-order valence-electron chi connectivity index (χ0n) is 9.17. The summed E-state index contributed by atoms with van der Waals surface area (Å²) >= 11 is 17.1. The van der Waals surface area contributed by atoms with Crippen LogP contribution in [0.1, 0.15) is 12.8 Å². The van der Waals surface area contributed by atoms with Gasteiger partial charge in [0.1, 0.15) is 0 Å². The molecule has 3 nitrogen and oxygen atoms in total. The van der Waals surface area contributed by atoms with E-state index >= 15 is 0 Å². The molecule has 1 aliphatic rings. The van der Waals surface area contributed by atoms with Gasteiger partial charge in [-0.15, -0.1) is 0 Å². The molecule has 0 bridgehead atoms.